The molecule has 1 saturated heterocycles. The van der Waals surface area contributed by atoms with Crippen LogP contribution in [0.3, 0.4) is 0 Å². The fourth-order valence-electron chi connectivity index (χ4n) is 6.87. The van der Waals surface area contributed by atoms with Crippen LogP contribution in [0.5, 0.6) is 0 Å². The molecule has 242 valence electrons. The van der Waals surface area contributed by atoms with E-state index >= 15 is 0 Å². The van der Waals surface area contributed by atoms with Gasteiger partial charge in [-0.2, -0.15) is 0 Å². The maximum absolute atomic E-state index is 14.2. The third-order valence-electron chi connectivity index (χ3n) is 8.95. The van der Waals surface area contributed by atoms with Crippen LogP contribution in [0.25, 0.3) is 0 Å². The fourth-order valence-corrected chi connectivity index (χ4v) is 6.87. The van der Waals surface area contributed by atoms with Crippen LogP contribution in [0, 0.1) is 29.3 Å². The second-order valence-electron chi connectivity index (χ2n) is 12.8. The minimum atomic E-state index is -0.974. The van der Waals surface area contributed by atoms with Gasteiger partial charge in [0.05, 0.1) is 0 Å². The molecule has 0 bridgehead atoms. The number of carbonyl (C=O) groups excluding carboxylic acids is 1. The second kappa shape index (κ2) is 15.8. The number of likely N-dealkylation sites (tertiary alicyclic amines) is 1. The van der Waals surface area contributed by atoms with Gasteiger partial charge in [0.2, 0.25) is 0 Å². The monoisotopic (exact) mass is 617 g/mol. The lowest BCUT2D eigenvalue weighted by atomic mass is 9.88. The van der Waals surface area contributed by atoms with E-state index in [1.165, 1.54) is 12.1 Å². The molecule has 1 saturated carbocycles. The Hall–Kier alpha value is -3.11. The van der Waals surface area contributed by atoms with Crippen LogP contribution < -0.4 is 5.32 Å². The van der Waals surface area contributed by atoms with Crippen LogP contribution >= 0.6 is 0 Å². The Morgan fingerprint density at radius 1 is 1.07 bits per heavy atom. The molecule has 44 heavy (non-hydrogen) atoms. The molecule has 7 nitrogen and oxygen atoms in total. The maximum Gasteiger partial charge on any atom is 0.410 e. The Kier molecular flexibility index (Phi) is 12.1. The molecule has 0 radical (unpaired) electrons. The number of nitrogens with one attached hydrogen (secondary N) is 1. The normalized spacial score (nSPS) is 21.8. The van der Waals surface area contributed by atoms with Crippen LogP contribution in [-0.4, -0.2) is 71.3 Å². The predicted octanol–water partition coefficient (Wildman–Crippen LogP) is 6.57. The first kappa shape index (κ1) is 33.8. The van der Waals surface area contributed by atoms with Crippen molar-refractivity contribution in [2.45, 2.75) is 89.9 Å². The number of carboxylic acids is 1. The Morgan fingerprint density at radius 3 is 2.45 bits per heavy atom. The molecule has 1 heterocycles. The van der Waals surface area contributed by atoms with Gasteiger partial charge >= 0.3 is 12.1 Å². The van der Waals surface area contributed by atoms with Gasteiger partial charge in [0, 0.05) is 38.3 Å². The van der Waals surface area contributed by atoms with E-state index in [0.29, 0.717) is 18.5 Å². The summed E-state index contributed by atoms with van der Waals surface area (Å²) in [5.41, 5.74) is 1.34. The van der Waals surface area contributed by atoms with Gasteiger partial charge in [0.25, 0.3) is 0 Å². The Labute approximate surface area is 258 Å². The van der Waals surface area contributed by atoms with Gasteiger partial charge in [-0.05, 0) is 91.7 Å². The van der Waals surface area contributed by atoms with Gasteiger partial charge < -0.3 is 25.0 Å². The van der Waals surface area contributed by atoms with E-state index in [2.05, 4.69) is 10.2 Å². The van der Waals surface area contributed by atoms with E-state index in [-0.39, 0.29) is 42.3 Å². The zero-order valence-electron chi connectivity index (χ0n) is 26.0. The van der Waals surface area contributed by atoms with Crippen LogP contribution in [0.15, 0.2) is 42.5 Å². The van der Waals surface area contributed by atoms with Crippen molar-refractivity contribution in [1.29, 1.82) is 0 Å². The molecule has 1 aliphatic carbocycles. The number of aliphatic carboxylic acids is 1. The lowest BCUT2D eigenvalue weighted by Gasteiger charge is -2.39. The number of nitrogens with zero attached hydrogens (tertiary/aromatic N) is 2. The van der Waals surface area contributed by atoms with E-state index in [4.69, 9.17) is 4.74 Å². The highest BCUT2D eigenvalue weighted by Gasteiger charge is 2.39. The summed E-state index contributed by atoms with van der Waals surface area (Å²) in [6, 6.07) is 9.63. The van der Waals surface area contributed by atoms with Gasteiger partial charge in [-0.25, -0.2) is 18.0 Å². The fraction of sp³-hybridized carbons (Fsp3) is 0.588. The average molecular weight is 618 g/mol. The molecule has 2 aromatic carbocycles. The number of piperidine rings is 1. The molecule has 1 aliphatic heterocycles. The van der Waals surface area contributed by atoms with Crippen LogP contribution in [0.4, 0.5) is 18.0 Å². The van der Waals surface area contributed by atoms with E-state index in [9.17, 15) is 27.9 Å². The van der Waals surface area contributed by atoms with Crippen molar-refractivity contribution in [2.75, 3.05) is 26.2 Å². The molecule has 4 atom stereocenters. The smallest absolute Gasteiger partial charge is 0.410 e. The number of amides is 1. The molecule has 2 aliphatic rings. The van der Waals surface area contributed by atoms with Crippen LogP contribution in [0.1, 0.15) is 76.3 Å². The minimum Gasteiger partial charge on any atom is -0.480 e. The largest absolute Gasteiger partial charge is 0.480 e. The molecule has 2 fully saturated rings. The number of carboxylic acid groups (broad SMARTS) is 1. The zero-order chi connectivity index (χ0) is 31.8. The topological polar surface area (TPSA) is 82.1 Å². The summed E-state index contributed by atoms with van der Waals surface area (Å²) in [6.45, 7) is 8.83. The number of hydrogen-bond acceptors (Lipinski definition) is 5. The summed E-state index contributed by atoms with van der Waals surface area (Å²) in [6.07, 6.45) is 3.96. The molecule has 3 unspecified atom stereocenters. The number of carbonyl (C=O) groups is 2. The van der Waals surface area contributed by atoms with Gasteiger partial charge in [-0.1, -0.05) is 39.0 Å². The molecule has 10 heteroatoms. The number of benzene rings is 2. The summed E-state index contributed by atoms with van der Waals surface area (Å²) < 4.78 is 46.5. The van der Waals surface area contributed by atoms with E-state index in [1.807, 2.05) is 26.8 Å². The second-order valence-corrected chi connectivity index (χ2v) is 12.8. The van der Waals surface area contributed by atoms with Crippen LogP contribution in [-0.2, 0) is 16.1 Å². The molecular weight excluding hydrogens is 571 g/mol. The molecule has 2 aromatic rings. The highest BCUT2D eigenvalue weighted by Crippen LogP contribution is 2.41. The van der Waals surface area contributed by atoms with Gasteiger partial charge in [-0.3, -0.25) is 4.79 Å². The highest BCUT2D eigenvalue weighted by atomic mass is 19.2. The summed E-state index contributed by atoms with van der Waals surface area (Å²) in [7, 11) is 0. The van der Waals surface area contributed by atoms with Crippen molar-refractivity contribution in [3.05, 3.63) is 71.0 Å². The minimum absolute atomic E-state index is 0.00743. The van der Waals surface area contributed by atoms with Crippen LogP contribution in [0.2, 0.25) is 0 Å². The molecule has 1 amide bonds. The lowest BCUT2D eigenvalue weighted by Crippen LogP contribution is -2.48. The number of hydrogen-bond donors (Lipinski definition) is 2. The first-order valence-corrected chi connectivity index (χ1v) is 15.9. The first-order valence-electron chi connectivity index (χ1n) is 15.9. The number of ether oxygens (including phenoxy) is 1. The number of halogens is 3. The Morgan fingerprint density at radius 2 is 1.82 bits per heavy atom. The van der Waals surface area contributed by atoms with Crippen molar-refractivity contribution in [2.24, 2.45) is 11.8 Å². The molecule has 0 aromatic heterocycles. The van der Waals surface area contributed by atoms with Crippen molar-refractivity contribution in [3.8, 4) is 0 Å². The van der Waals surface area contributed by atoms with Crippen molar-refractivity contribution < 1.29 is 32.6 Å². The third-order valence-corrected chi connectivity index (χ3v) is 8.95. The van der Waals surface area contributed by atoms with Crippen molar-refractivity contribution in [3.63, 3.8) is 0 Å². The number of rotatable bonds is 13. The zero-order valence-corrected chi connectivity index (χ0v) is 26.0. The molecule has 0 spiro atoms. The van der Waals surface area contributed by atoms with E-state index in [0.717, 1.165) is 69.4 Å². The maximum atomic E-state index is 14.2. The summed E-state index contributed by atoms with van der Waals surface area (Å²) in [5.74, 6) is -2.44. The Balaban J connectivity index is 1.37. The Bertz CT molecular complexity index is 1250. The van der Waals surface area contributed by atoms with Gasteiger partial charge in [0.1, 0.15) is 18.5 Å². The van der Waals surface area contributed by atoms with Crippen molar-refractivity contribution in [1.82, 2.24) is 15.1 Å². The first-order chi connectivity index (χ1) is 21.0. The quantitative estimate of drug-likeness (QED) is 0.265. The van der Waals surface area contributed by atoms with E-state index in [1.54, 1.807) is 17.0 Å². The highest BCUT2D eigenvalue weighted by molar-refractivity contribution is 5.73. The van der Waals surface area contributed by atoms with Gasteiger partial charge in [-0.15, -0.1) is 0 Å². The molecule has 2 N–H and O–H groups in total. The summed E-state index contributed by atoms with van der Waals surface area (Å²) >= 11 is 0. The lowest BCUT2D eigenvalue weighted by molar-refractivity contribution is -0.140. The van der Waals surface area contributed by atoms with Crippen molar-refractivity contribution >= 4 is 12.1 Å². The average Bonchev–Trinajstić information content (AvgIpc) is 3.38. The van der Waals surface area contributed by atoms with Gasteiger partial charge in [0.15, 0.2) is 11.6 Å². The summed E-state index contributed by atoms with van der Waals surface area (Å²) in [5, 5.41) is 13.2. The SMILES string of the molecule is CCCN(C(=O)OCc1ccc(F)c(F)c1)C1CCN(CC2CC(N[C@H](CC(C)C)C(=O)O)CC2c2cccc(F)c2)CC1. The third kappa shape index (κ3) is 9.20. The molecular formula is C34H46F3N3O4. The standard InChI is InChI=1S/C34H46F3N3O4/c1-4-12-40(34(43)44-21-23-8-9-30(36)31(37)16-23)28-10-13-39(14-11-28)20-25-18-27(38-32(33(41)42)15-22(2)3)19-29(25)24-6-5-7-26(35)17-24/h5-9,16-17,22,25,27-29,32,38H,4,10-15,18-21H2,1-3H3,(H,41,42)/t25?,27?,29?,32-/m1/s1. The summed E-state index contributed by atoms with van der Waals surface area (Å²) in [4.78, 5) is 29.1. The van der Waals surface area contributed by atoms with E-state index < -0.39 is 29.7 Å². The predicted molar refractivity (Wildman–Crippen MR) is 163 cm³/mol. The molecule has 4 rings (SSSR count).